The lowest BCUT2D eigenvalue weighted by Crippen LogP contribution is -2.38. The van der Waals surface area contributed by atoms with Crippen LogP contribution in [-0.4, -0.2) is 10.1 Å². The van der Waals surface area contributed by atoms with Gasteiger partial charge in [0.1, 0.15) is 0 Å². The molecule has 3 aromatic rings. The van der Waals surface area contributed by atoms with Gasteiger partial charge in [-0.25, -0.2) is 0 Å². The Morgan fingerprint density at radius 2 is 0.957 bits per heavy atom. The largest absolute Gasteiger partial charge is 0.596 e. The number of benzene rings is 3. The zero-order valence-electron chi connectivity index (χ0n) is 12.4. The molecule has 0 heterocycles. The summed E-state index contributed by atoms with van der Waals surface area (Å²) in [6, 6.07) is 28.0. The molecule has 1 N–H and O–H groups in total. The van der Waals surface area contributed by atoms with Crippen LogP contribution in [0.25, 0.3) is 0 Å². The first-order chi connectivity index (χ1) is 11.3. The van der Waals surface area contributed by atoms with Gasteiger partial charge in [-0.1, -0.05) is 91.0 Å². The van der Waals surface area contributed by atoms with Crippen molar-refractivity contribution in [1.29, 1.82) is 0 Å². The second-order valence-electron chi connectivity index (χ2n) is 5.17. The minimum Gasteiger partial charge on any atom is -0.596 e. The fraction of sp³-hybridized carbons (Fsp3) is 0.0526. The quantitative estimate of drug-likeness (QED) is 0.337. The van der Waals surface area contributed by atoms with E-state index in [9.17, 15) is 10.4 Å². The van der Waals surface area contributed by atoms with Gasteiger partial charge in [0.15, 0.2) is 5.28 Å². The highest BCUT2D eigenvalue weighted by Crippen LogP contribution is 2.39. The molecule has 3 rings (SSSR count). The summed E-state index contributed by atoms with van der Waals surface area (Å²) in [7, 11) is 0. The van der Waals surface area contributed by atoms with Crippen LogP contribution >= 0.6 is 0 Å². The van der Waals surface area contributed by atoms with Crippen LogP contribution in [0.5, 0.6) is 0 Å². The smallest absolute Gasteiger partial charge is 0.278 e. The second kappa shape index (κ2) is 6.32. The summed E-state index contributed by atoms with van der Waals surface area (Å²) in [6.45, 7) is 0. The van der Waals surface area contributed by atoms with Gasteiger partial charge >= 0.3 is 0 Å². The number of hydroxylamine groups is 1. The SMILES string of the molecule is [O-]/[N+](=N\O)C(c1ccccc1)(c1ccccc1)c1ccccc1. The van der Waals surface area contributed by atoms with Crippen molar-refractivity contribution in [3.05, 3.63) is 113 Å². The number of hydrogen-bond donors (Lipinski definition) is 1. The van der Waals surface area contributed by atoms with Crippen LogP contribution in [0, 0.1) is 5.21 Å². The summed E-state index contributed by atoms with van der Waals surface area (Å²) < 4.78 is 0. The summed E-state index contributed by atoms with van der Waals surface area (Å²) in [6.07, 6.45) is 0. The lowest BCUT2D eigenvalue weighted by atomic mass is 9.77. The molecule has 0 atom stereocenters. The Hall–Kier alpha value is -3.14. The molecule has 0 bridgehead atoms. The molecule has 0 fully saturated rings. The van der Waals surface area contributed by atoms with Gasteiger partial charge in [-0.2, -0.15) is 0 Å². The Bertz CT molecular complexity index is 691. The molecule has 0 unspecified atom stereocenters. The number of rotatable bonds is 4. The van der Waals surface area contributed by atoms with E-state index in [0.29, 0.717) is 4.86 Å². The zero-order valence-corrected chi connectivity index (χ0v) is 12.4. The van der Waals surface area contributed by atoms with Gasteiger partial charge < -0.3 is 10.4 Å². The van der Waals surface area contributed by atoms with E-state index in [2.05, 4.69) is 5.28 Å². The van der Waals surface area contributed by atoms with E-state index in [1.165, 1.54) is 0 Å². The standard InChI is InChI=1S/C19H16N2O2/c22-20-21(23)19(16-10-4-1-5-11-16,17-12-6-2-7-13-17)18-14-8-3-9-15-18/h1-15,22H/b21-20-. The molecular weight excluding hydrogens is 288 g/mol. The Kier molecular flexibility index (Phi) is 4.06. The van der Waals surface area contributed by atoms with E-state index in [1.807, 2.05) is 91.0 Å². The van der Waals surface area contributed by atoms with Gasteiger partial charge in [-0.3, -0.25) is 0 Å². The Morgan fingerprint density at radius 3 is 1.22 bits per heavy atom. The minimum absolute atomic E-state index is 0.354. The van der Waals surface area contributed by atoms with Crippen LogP contribution in [0.1, 0.15) is 16.7 Å². The Labute approximate surface area is 134 Å². The maximum atomic E-state index is 12.7. The highest BCUT2D eigenvalue weighted by molar-refractivity contribution is 5.46. The molecule has 4 heteroatoms. The monoisotopic (exact) mass is 304 g/mol. The predicted molar refractivity (Wildman–Crippen MR) is 87.0 cm³/mol. The maximum absolute atomic E-state index is 12.7. The van der Waals surface area contributed by atoms with E-state index < -0.39 is 5.54 Å². The lowest BCUT2D eigenvalue weighted by Gasteiger charge is -2.29. The van der Waals surface area contributed by atoms with E-state index in [0.717, 1.165) is 16.7 Å². The van der Waals surface area contributed by atoms with E-state index in [1.54, 1.807) is 0 Å². The highest BCUT2D eigenvalue weighted by atomic mass is 16.6. The van der Waals surface area contributed by atoms with Crippen LogP contribution in [0.3, 0.4) is 0 Å². The second-order valence-corrected chi connectivity index (χ2v) is 5.17. The number of nitrogens with zero attached hydrogens (tertiary/aromatic N) is 2. The van der Waals surface area contributed by atoms with Gasteiger partial charge in [-0.15, -0.1) is 0 Å². The summed E-state index contributed by atoms with van der Waals surface area (Å²) >= 11 is 0. The van der Waals surface area contributed by atoms with Crippen molar-refractivity contribution in [2.45, 2.75) is 5.54 Å². The van der Waals surface area contributed by atoms with Crippen LogP contribution < -0.4 is 0 Å². The molecule has 114 valence electrons. The summed E-state index contributed by atoms with van der Waals surface area (Å²) in [5.41, 5.74) is 0.930. The maximum Gasteiger partial charge on any atom is 0.278 e. The van der Waals surface area contributed by atoms with Crippen LogP contribution in [0.4, 0.5) is 0 Å². The Morgan fingerprint density at radius 1 is 0.652 bits per heavy atom. The molecule has 0 radical (unpaired) electrons. The minimum atomic E-state index is -1.25. The first-order valence-corrected chi connectivity index (χ1v) is 7.29. The molecule has 3 aromatic carbocycles. The third-order valence-corrected chi connectivity index (χ3v) is 3.94. The van der Waals surface area contributed by atoms with Crippen molar-refractivity contribution in [3.63, 3.8) is 0 Å². The van der Waals surface area contributed by atoms with Gasteiger partial charge in [0.2, 0.25) is 0 Å². The average molecular weight is 304 g/mol. The molecule has 0 aromatic heterocycles. The van der Waals surface area contributed by atoms with Crippen LogP contribution in [0.2, 0.25) is 0 Å². The lowest BCUT2D eigenvalue weighted by molar-refractivity contribution is -0.619. The van der Waals surface area contributed by atoms with E-state index >= 15 is 0 Å². The molecule has 0 aliphatic heterocycles. The topological polar surface area (TPSA) is 58.7 Å². The van der Waals surface area contributed by atoms with Crippen molar-refractivity contribution < 1.29 is 10.1 Å². The van der Waals surface area contributed by atoms with Gasteiger partial charge in [0.25, 0.3) is 5.54 Å². The van der Waals surface area contributed by atoms with E-state index in [4.69, 9.17) is 0 Å². The molecule has 4 nitrogen and oxygen atoms in total. The first-order valence-electron chi connectivity index (χ1n) is 7.29. The summed E-state index contributed by atoms with van der Waals surface area (Å²) in [4.78, 5) is 0.354. The Balaban J connectivity index is 2.41. The van der Waals surface area contributed by atoms with Crippen molar-refractivity contribution in [1.82, 2.24) is 0 Å². The molecule has 0 amide bonds. The van der Waals surface area contributed by atoms with Gasteiger partial charge in [0.05, 0.1) is 0 Å². The normalized spacial score (nSPS) is 12.1. The number of hydrogen-bond acceptors (Lipinski definition) is 2. The fourth-order valence-corrected chi connectivity index (χ4v) is 2.94. The summed E-state index contributed by atoms with van der Waals surface area (Å²) in [5, 5.41) is 25.0. The zero-order chi connectivity index (χ0) is 16.1. The highest BCUT2D eigenvalue weighted by Gasteiger charge is 2.47. The molecule has 0 aliphatic carbocycles. The third kappa shape index (κ3) is 2.44. The molecule has 0 aliphatic rings. The average Bonchev–Trinajstić information content (AvgIpc) is 2.65. The predicted octanol–water partition coefficient (Wildman–Crippen LogP) is 4.33. The molecule has 0 saturated carbocycles. The molecule has 23 heavy (non-hydrogen) atoms. The van der Waals surface area contributed by atoms with Crippen LogP contribution in [0.15, 0.2) is 96.3 Å². The molecular formula is C19H16N2O2. The van der Waals surface area contributed by atoms with Crippen molar-refractivity contribution in [2.75, 3.05) is 0 Å². The first kappa shape index (κ1) is 14.8. The van der Waals surface area contributed by atoms with Crippen molar-refractivity contribution >= 4 is 0 Å². The molecule has 0 spiro atoms. The molecule has 0 saturated heterocycles. The summed E-state index contributed by atoms with van der Waals surface area (Å²) in [5.74, 6) is 0. The van der Waals surface area contributed by atoms with Crippen molar-refractivity contribution in [3.8, 4) is 0 Å². The van der Waals surface area contributed by atoms with Crippen molar-refractivity contribution in [2.24, 2.45) is 5.28 Å². The third-order valence-electron chi connectivity index (χ3n) is 3.94. The van der Waals surface area contributed by atoms with Gasteiger partial charge in [-0.05, 0) is 4.86 Å². The van der Waals surface area contributed by atoms with Crippen LogP contribution in [-0.2, 0) is 5.54 Å². The van der Waals surface area contributed by atoms with E-state index in [-0.39, 0.29) is 0 Å². The van der Waals surface area contributed by atoms with Gasteiger partial charge in [0, 0.05) is 16.7 Å². The fourth-order valence-electron chi connectivity index (χ4n) is 2.94.